The molecule has 1 fully saturated rings. The van der Waals surface area contributed by atoms with Gasteiger partial charge in [-0.2, -0.15) is 0 Å². The summed E-state index contributed by atoms with van der Waals surface area (Å²) >= 11 is 0. The van der Waals surface area contributed by atoms with Crippen LogP contribution in [-0.2, 0) is 12.0 Å². The molecule has 1 aromatic heterocycles. The number of aromatic amines is 1. The molecule has 0 saturated heterocycles. The van der Waals surface area contributed by atoms with Crippen molar-refractivity contribution in [2.45, 2.75) is 56.7 Å². The van der Waals surface area contributed by atoms with E-state index in [1.165, 1.54) is 0 Å². The molecule has 164 valence electrons. The molecule has 7 heteroatoms. The van der Waals surface area contributed by atoms with Crippen LogP contribution in [-0.4, -0.2) is 40.4 Å². The Morgan fingerprint density at radius 2 is 1.87 bits per heavy atom. The van der Waals surface area contributed by atoms with Crippen LogP contribution in [0.15, 0.2) is 48.5 Å². The fraction of sp³-hybridized carbons (Fsp3) is 0.417. The van der Waals surface area contributed by atoms with Gasteiger partial charge < -0.3 is 25.5 Å². The molecule has 4 rings (SSSR count). The Kier molecular flexibility index (Phi) is 6.13. The number of H-pyrrole nitrogens is 1. The Labute approximate surface area is 182 Å². The van der Waals surface area contributed by atoms with E-state index in [0.29, 0.717) is 12.2 Å². The number of urea groups is 1. The Bertz CT molecular complexity index is 992. The van der Waals surface area contributed by atoms with Crippen molar-refractivity contribution in [3.8, 4) is 5.75 Å². The molecule has 31 heavy (non-hydrogen) atoms. The van der Waals surface area contributed by atoms with Crippen molar-refractivity contribution in [2.24, 2.45) is 0 Å². The van der Waals surface area contributed by atoms with Crippen LogP contribution in [0.2, 0.25) is 0 Å². The molecule has 1 heterocycles. The van der Waals surface area contributed by atoms with Crippen molar-refractivity contribution in [3.05, 3.63) is 59.9 Å². The number of nitrogens with zero attached hydrogens (tertiary/aromatic N) is 1. The van der Waals surface area contributed by atoms with Crippen LogP contribution < -0.4 is 15.4 Å². The van der Waals surface area contributed by atoms with Gasteiger partial charge in [0.05, 0.1) is 24.2 Å². The van der Waals surface area contributed by atoms with Gasteiger partial charge in [-0.3, -0.25) is 0 Å². The molecule has 1 unspecified atom stereocenters. The highest BCUT2D eigenvalue weighted by Crippen LogP contribution is 2.27. The first-order valence-electron chi connectivity index (χ1n) is 10.8. The first-order chi connectivity index (χ1) is 14.9. The van der Waals surface area contributed by atoms with Crippen molar-refractivity contribution >= 4 is 17.1 Å². The summed E-state index contributed by atoms with van der Waals surface area (Å²) in [7, 11) is 1.64. The average Bonchev–Trinajstić information content (AvgIpc) is 3.21. The van der Waals surface area contributed by atoms with Crippen LogP contribution >= 0.6 is 0 Å². The summed E-state index contributed by atoms with van der Waals surface area (Å²) in [6, 6.07) is 15.5. The summed E-state index contributed by atoms with van der Waals surface area (Å²) in [6.07, 6.45) is 3.32. The highest BCUT2D eigenvalue weighted by atomic mass is 16.5. The maximum Gasteiger partial charge on any atom is 0.315 e. The number of ether oxygens (including phenoxy) is 1. The van der Waals surface area contributed by atoms with Crippen LogP contribution in [0, 0.1) is 0 Å². The number of aliphatic hydroxyl groups excluding tert-OH is 1. The molecule has 1 atom stereocenters. The summed E-state index contributed by atoms with van der Waals surface area (Å²) in [6.45, 7) is 1.99. The second-order valence-corrected chi connectivity index (χ2v) is 8.56. The number of nitrogens with one attached hydrogen (secondary N) is 3. The number of carbonyl (C=O) groups is 1. The molecule has 0 aliphatic heterocycles. The van der Waals surface area contributed by atoms with Crippen molar-refractivity contribution in [1.29, 1.82) is 0 Å². The fourth-order valence-electron chi connectivity index (χ4n) is 4.25. The summed E-state index contributed by atoms with van der Waals surface area (Å²) in [5, 5.41) is 16.0. The van der Waals surface area contributed by atoms with Crippen LogP contribution in [0.4, 0.5) is 4.79 Å². The zero-order valence-electron chi connectivity index (χ0n) is 18.0. The maximum absolute atomic E-state index is 12.9. The standard InChI is InChI=1S/C24H30N4O3/c1-24(15-16-7-13-19(31-2)14-8-16,22-26-20-5-3-4-6-21(20)27-22)28-23(30)25-17-9-11-18(29)12-10-17/h3-8,13-14,17-18,29H,9-12,15H2,1-2H3,(H,26,27)(H2,25,28,30)/t17-,18-,24?. The molecule has 0 bridgehead atoms. The molecule has 2 amide bonds. The van der Waals surface area contributed by atoms with Gasteiger partial charge in [0.2, 0.25) is 0 Å². The Hall–Kier alpha value is -3.06. The molecule has 0 radical (unpaired) electrons. The third kappa shape index (κ3) is 4.99. The van der Waals surface area contributed by atoms with E-state index < -0.39 is 5.54 Å². The number of carbonyl (C=O) groups excluding carboxylic acids is 1. The summed E-state index contributed by atoms with van der Waals surface area (Å²) in [5.74, 6) is 1.50. The van der Waals surface area contributed by atoms with Gasteiger partial charge >= 0.3 is 6.03 Å². The minimum atomic E-state index is -0.744. The average molecular weight is 423 g/mol. The predicted octanol–water partition coefficient (Wildman–Crippen LogP) is 3.63. The number of aliphatic hydroxyl groups is 1. The van der Waals surface area contributed by atoms with Crippen molar-refractivity contribution in [2.75, 3.05) is 7.11 Å². The van der Waals surface area contributed by atoms with Gasteiger partial charge in [0, 0.05) is 12.5 Å². The molecule has 0 spiro atoms. The molecule has 1 aliphatic rings. The molecule has 1 saturated carbocycles. The minimum absolute atomic E-state index is 0.0734. The molecule has 3 aromatic rings. The van der Waals surface area contributed by atoms with Gasteiger partial charge in [-0.15, -0.1) is 0 Å². The largest absolute Gasteiger partial charge is 0.497 e. The topological polar surface area (TPSA) is 99.3 Å². The summed E-state index contributed by atoms with van der Waals surface area (Å²) < 4.78 is 5.26. The predicted molar refractivity (Wildman–Crippen MR) is 120 cm³/mol. The zero-order valence-corrected chi connectivity index (χ0v) is 18.0. The maximum atomic E-state index is 12.9. The van der Waals surface area contributed by atoms with Gasteiger partial charge in [-0.25, -0.2) is 9.78 Å². The lowest BCUT2D eigenvalue weighted by Crippen LogP contribution is -2.53. The second kappa shape index (κ2) is 8.98. The highest BCUT2D eigenvalue weighted by Gasteiger charge is 2.33. The van der Waals surface area contributed by atoms with E-state index in [9.17, 15) is 9.90 Å². The van der Waals surface area contributed by atoms with Gasteiger partial charge in [0.15, 0.2) is 0 Å². The minimum Gasteiger partial charge on any atom is -0.497 e. The smallest absolute Gasteiger partial charge is 0.315 e. The molecular weight excluding hydrogens is 392 g/mol. The lowest BCUT2D eigenvalue weighted by molar-refractivity contribution is 0.117. The second-order valence-electron chi connectivity index (χ2n) is 8.56. The van der Waals surface area contributed by atoms with Crippen LogP contribution in [0.1, 0.15) is 44.0 Å². The molecule has 7 nitrogen and oxygen atoms in total. The monoisotopic (exact) mass is 422 g/mol. The lowest BCUT2D eigenvalue weighted by atomic mass is 9.91. The summed E-state index contributed by atoms with van der Waals surface area (Å²) in [4.78, 5) is 21.1. The number of amides is 2. The van der Waals surface area contributed by atoms with Gasteiger partial charge in [-0.05, 0) is 62.4 Å². The number of para-hydroxylation sites is 2. The van der Waals surface area contributed by atoms with E-state index in [-0.39, 0.29) is 18.2 Å². The Morgan fingerprint density at radius 1 is 1.16 bits per heavy atom. The highest BCUT2D eigenvalue weighted by molar-refractivity contribution is 5.77. The normalized spacial score (nSPS) is 20.7. The van der Waals surface area contributed by atoms with Crippen molar-refractivity contribution in [3.63, 3.8) is 0 Å². The number of fused-ring (bicyclic) bond motifs is 1. The van der Waals surface area contributed by atoms with Gasteiger partial charge in [0.25, 0.3) is 0 Å². The van der Waals surface area contributed by atoms with Crippen LogP contribution in [0.3, 0.4) is 0 Å². The number of hydrogen-bond donors (Lipinski definition) is 4. The number of methoxy groups -OCH3 is 1. The zero-order chi connectivity index (χ0) is 21.8. The quantitative estimate of drug-likeness (QED) is 0.487. The first kappa shape index (κ1) is 21.2. The Balaban J connectivity index is 1.57. The van der Waals surface area contributed by atoms with Gasteiger partial charge in [0.1, 0.15) is 17.1 Å². The van der Waals surface area contributed by atoms with E-state index in [4.69, 9.17) is 9.72 Å². The number of rotatable bonds is 6. The Morgan fingerprint density at radius 3 is 2.55 bits per heavy atom. The number of hydrogen-bond acceptors (Lipinski definition) is 4. The third-order valence-corrected chi connectivity index (χ3v) is 6.05. The number of aromatic nitrogens is 2. The van der Waals surface area contributed by atoms with Crippen LogP contribution in [0.25, 0.3) is 11.0 Å². The number of imidazole rings is 1. The lowest BCUT2D eigenvalue weighted by Gasteiger charge is -2.32. The first-order valence-corrected chi connectivity index (χ1v) is 10.8. The molecule has 1 aliphatic carbocycles. The van der Waals surface area contributed by atoms with Crippen LogP contribution in [0.5, 0.6) is 5.75 Å². The molecule has 4 N–H and O–H groups in total. The molecule has 2 aromatic carbocycles. The van der Waals surface area contributed by atoms with Crippen molar-refractivity contribution < 1.29 is 14.6 Å². The fourth-order valence-corrected chi connectivity index (χ4v) is 4.25. The van der Waals surface area contributed by atoms with Crippen molar-refractivity contribution in [1.82, 2.24) is 20.6 Å². The number of benzene rings is 2. The molecular formula is C24H30N4O3. The van der Waals surface area contributed by atoms with E-state index in [1.54, 1.807) is 7.11 Å². The third-order valence-electron chi connectivity index (χ3n) is 6.05. The van der Waals surface area contributed by atoms with E-state index in [1.807, 2.05) is 55.5 Å². The van der Waals surface area contributed by atoms with Gasteiger partial charge in [-0.1, -0.05) is 24.3 Å². The van der Waals surface area contributed by atoms with E-state index in [2.05, 4.69) is 15.6 Å². The summed E-state index contributed by atoms with van der Waals surface area (Å²) in [5.41, 5.74) is 2.11. The SMILES string of the molecule is COc1ccc(CC(C)(NC(=O)N[C@H]2CC[C@H](O)CC2)c2nc3ccccc3[nH]2)cc1. The van der Waals surface area contributed by atoms with E-state index in [0.717, 1.165) is 48.0 Å². The van der Waals surface area contributed by atoms with E-state index >= 15 is 0 Å².